The Labute approximate surface area is 169 Å². The fraction of sp³-hybridized carbons (Fsp3) is 0.154. The van der Waals surface area contributed by atoms with Crippen LogP contribution >= 0.6 is 7.26 Å². The van der Waals surface area contributed by atoms with E-state index in [1.54, 1.807) is 0 Å². The number of anilines is 1. The summed E-state index contributed by atoms with van der Waals surface area (Å²) in [5.74, 6) is 0. The molecule has 0 spiro atoms. The number of hydrogen-bond donors (Lipinski definition) is 0. The number of hydrogen-bond acceptors (Lipinski definition) is 1. The highest BCUT2D eigenvalue weighted by Gasteiger charge is 2.45. The van der Waals surface area contributed by atoms with Gasteiger partial charge in [-0.05, 0) is 48.7 Å². The van der Waals surface area contributed by atoms with E-state index < -0.39 is 7.26 Å². The van der Waals surface area contributed by atoms with Crippen LogP contribution in [0, 0.1) is 0 Å². The second-order valence-electron chi connectivity index (χ2n) is 7.34. The van der Waals surface area contributed by atoms with E-state index in [2.05, 4.69) is 123 Å². The Morgan fingerprint density at radius 2 is 1.18 bits per heavy atom. The monoisotopic (exact) mass is 384 g/mol. The predicted octanol–water partition coefficient (Wildman–Crippen LogP) is 5.22. The summed E-state index contributed by atoms with van der Waals surface area (Å²) in [4.78, 5) is 2.24. The topological polar surface area (TPSA) is 3.24 Å². The minimum absolute atomic E-state index is 1.10. The standard InChI is InChI=1S/C26H27NP/c1-4-28(22-15-7-5-8-16-22,23-17-9-6-10-18-23)25-20-12-14-21-13-11-19-24(26(21)25)27(2)3/h5-20H,4H2,1-3H3/q+1. The van der Waals surface area contributed by atoms with Crippen LogP contribution in [0.1, 0.15) is 6.92 Å². The Morgan fingerprint density at radius 3 is 1.68 bits per heavy atom. The lowest BCUT2D eigenvalue weighted by Crippen LogP contribution is -2.33. The lowest BCUT2D eigenvalue weighted by molar-refractivity contribution is 1.14. The molecule has 28 heavy (non-hydrogen) atoms. The van der Waals surface area contributed by atoms with E-state index in [1.807, 2.05) is 0 Å². The van der Waals surface area contributed by atoms with Crippen molar-refractivity contribution < 1.29 is 0 Å². The Morgan fingerprint density at radius 1 is 0.643 bits per heavy atom. The summed E-state index contributed by atoms with van der Waals surface area (Å²) in [6.07, 6.45) is 1.10. The van der Waals surface area contributed by atoms with Crippen LogP contribution in [0.25, 0.3) is 10.8 Å². The van der Waals surface area contributed by atoms with E-state index in [1.165, 1.54) is 32.4 Å². The van der Waals surface area contributed by atoms with Crippen molar-refractivity contribution in [1.82, 2.24) is 0 Å². The number of benzene rings is 4. The summed E-state index contributed by atoms with van der Waals surface area (Å²) in [7, 11) is 2.51. The maximum atomic E-state index is 2.37. The first-order chi connectivity index (χ1) is 13.7. The summed E-state index contributed by atoms with van der Waals surface area (Å²) >= 11 is 0. The predicted molar refractivity (Wildman–Crippen MR) is 128 cm³/mol. The van der Waals surface area contributed by atoms with Gasteiger partial charge in [0.1, 0.15) is 23.2 Å². The van der Waals surface area contributed by atoms with Crippen molar-refractivity contribution in [2.45, 2.75) is 6.92 Å². The average molecular weight is 384 g/mol. The van der Waals surface area contributed by atoms with E-state index in [4.69, 9.17) is 0 Å². The molecule has 0 atom stereocenters. The van der Waals surface area contributed by atoms with Crippen molar-refractivity contribution in [2.75, 3.05) is 25.2 Å². The van der Waals surface area contributed by atoms with Gasteiger partial charge in [0.25, 0.3) is 0 Å². The van der Waals surface area contributed by atoms with E-state index >= 15 is 0 Å². The smallest absolute Gasteiger partial charge is 0.114 e. The number of rotatable bonds is 5. The third-order valence-electron chi connectivity index (χ3n) is 5.62. The largest absolute Gasteiger partial charge is 0.377 e. The second kappa shape index (κ2) is 7.78. The van der Waals surface area contributed by atoms with Crippen molar-refractivity contribution in [1.29, 1.82) is 0 Å². The summed E-state index contributed by atoms with van der Waals surface area (Å²) in [5.41, 5.74) is 1.29. The molecule has 0 aromatic heterocycles. The second-order valence-corrected chi connectivity index (χ2v) is 11.1. The Hall–Kier alpha value is -2.63. The molecule has 0 saturated carbocycles. The lowest BCUT2D eigenvalue weighted by atomic mass is 10.1. The first kappa shape index (κ1) is 18.7. The molecule has 2 heteroatoms. The van der Waals surface area contributed by atoms with Gasteiger partial charge in [-0.1, -0.05) is 60.7 Å². The third-order valence-corrected chi connectivity index (χ3v) is 10.1. The van der Waals surface area contributed by atoms with E-state index in [0.29, 0.717) is 0 Å². The minimum atomic E-state index is -1.77. The van der Waals surface area contributed by atoms with Crippen LogP contribution in [0.5, 0.6) is 0 Å². The van der Waals surface area contributed by atoms with Crippen molar-refractivity contribution >= 4 is 39.6 Å². The normalized spacial score (nSPS) is 11.5. The summed E-state index contributed by atoms with van der Waals surface area (Å²) in [6, 6.07) is 35.7. The van der Waals surface area contributed by atoms with E-state index in [0.717, 1.165) is 6.16 Å². The number of fused-ring (bicyclic) bond motifs is 1. The molecule has 0 radical (unpaired) electrons. The first-order valence-corrected chi connectivity index (χ1v) is 11.8. The lowest BCUT2D eigenvalue weighted by Gasteiger charge is -2.29. The Bertz CT molecular complexity index is 1030. The van der Waals surface area contributed by atoms with Gasteiger partial charge in [0.05, 0.1) is 6.16 Å². The molecule has 140 valence electrons. The molecule has 0 aliphatic carbocycles. The van der Waals surface area contributed by atoms with Crippen LogP contribution in [0.4, 0.5) is 5.69 Å². The molecule has 0 aliphatic heterocycles. The van der Waals surface area contributed by atoms with Gasteiger partial charge in [0.15, 0.2) is 0 Å². The van der Waals surface area contributed by atoms with E-state index in [-0.39, 0.29) is 0 Å². The minimum Gasteiger partial charge on any atom is -0.377 e. The van der Waals surface area contributed by atoms with Crippen molar-refractivity contribution in [3.05, 3.63) is 97.1 Å². The molecule has 1 nitrogen and oxygen atoms in total. The van der Waals surface area contributed by atoms with Crippen LogP contribution in [0.3, 0.4) is 0 Å². The van der Waals surface area contributed by atoms with Crippen molar-refractivity contribution in [2.24, 2.45) is 0 Å². The van der Waals surface area contributed by atoms with Gasteiger partial charge in [-0.3, -0.25) is 0 Å². The third kappa shape index (κ3) is 3.01. The maximum Gasteiger partial charge on any atom is 0.114 e. The zero-order valence-electron chi connectivity index (χ0n) is 16.8. The van der Waals surface area contributed by atoms with Crippen LogP contribution in [0.2, 0.25) is 0 Å². The van der Waals surface area contributed by atoms with E-state index in [9.17, 15) is 0 Å². The molecule has 0 saturated heterocycles. The number of nitrogens with zero attached hydrogens (tertiary/aromatic N) is 1. The Balaban J connectivity index is 2.15. The molecule has 0 heterocycles. The average Bonchev–Trinajstić information content (AvgIpc) is 2.76. The van der Waals surface area contributed by atoms with Gasteiger partial charge in [-0.25, -0.2) is 0 Å². The fourth-order valence-corrected chi connectivity index (χ4v) is 8.57. The van der Waals surface area contributed by atoms with Gasteiger partial charge < -0.3 is 4.90 Å². The summed E-state index contributed by atoms with van der Waals surface area (Å²) in [6.45, 7) is 2.35. The van der Waals surface area contributed by atoms with Gasteiger partial charge in [0, 0.05) is 25.2 Å². The van der Waals surface area contributed by atoms with Crippen LogP contribution in [0.15, 0.2) is 97.1 Å². The molecule has 0 N–H and O–H groups in total. The highest BCUT2D eigenvalue weighted by molar-refractivity contribution is 7.96. The zero-order chi connectivity index (χ0) is 19.6. The highest BCUT2D eigenvalue weighted by atomic mass is 31.2. The molecule has 4 aromatic rings. The molecule has 4 aromatic carbocycles. The Kier molecular flexibility index (Phi) is 5.20. The zero-order valence-corrected chi connectivity index (χ0v) is 17.7. The summed E-state index contributed by atoms with van der Waals surface area (Å²) in [5, 5.41) is 7.08. The SMILES string of the molecule is CC[P+](c1ccccc1)(c1ccccc1)c1cccc2cccc(N(C)C)c12. The van der Waals surface area contributed by atoms with Crippen molar-refractivity contribution in [3.63, 3.8) is 0 Å². The maximum absolute atomic E-state index is 2.37. The molecule has 0 aliphatic rings. The van der Waals surface area contributed by atoms with Crippen LogP contribution in [-0.4, -0.2) is 20.3 Å². The molecular weight excluding hydrogens is 357 g/mol. The quantitative estimate of drug-likeness (QED) is 0.427. The molecule has 0 fully saturated rings. The summed E-state index contributed by atoms with van der Waals surface area (Å²) < 4.78 is 0. The molecule has 0 unspecified atom stereocenters. The highest BCUT2D eigenvalue weighted by Crippen LogP contribution is 2.56. The van der Waals surface area contributed by atoms with Gasteiger partial charge in [0.2, 0.25) is 0 Å². The first-order valence-electron chi connectivity index (χ1n) is 9.87. The molecule has 0 amide bonds. The van der Waals surface area contributed by atoms with Crippen LogP contribution < -0.4 is 20.8 Å². The van der Waals surface area contributed by atoms with Gasteiger partial charge >= 0.3 is 0 Å². The fourth-order valence-electron chi connectivity index (χ4n) is 4.32. The van der Waals surface area contributed by atoms with Crippen molar-refractivity contribution in [3.8, 4) is 0 Å². The van der Waals surface area contributed by atoms with Gasteiger partial charge in [-0.15, -0.1) is 0 Å². The van der Waals surface area contributed by atoms with Crippen LogP contribution in [-0.2, 0) is 0 Å². The molecule has 4 rings (SSSR count). The molecular formula is C26H27NP+. The van der Waals surface area contributed by atoms with Gasteiger partial charge in [-0.2, -0.15) is 0 Å². The molecule has 0 bridgehead atoms.